The van der Waals surface area contributed by atoms with Crippen molar-refractivity contribution in [1.82, 2.24) is 0 Å². The van der Waals surface area contributed by atoms with Crippen molar-refractivity contribution in [2.24, 2.45) is 10.8 Å². The average molecular weight is 298 g/mol. The summed E-state index contributed by atoms with van der Waals surface area (Å²) in [5, 5.41) is 0. The highest BCUT2D eigenvalue weighted by Crippen LogP contribution is 2.34. The molecule has 0 aliphatic carbocycles. The van der Waals surface area contributed by atoms with Gasteiger partial charge in [-0.25, -0.2) is 4.79 Å². The number of carbonyl (C=O) groups is 1. The van der Waals surface area contributed by atoms with Gasteiger partial charge in [-0.1, -0.05) is 40.9 Å². The lowest BCUT2D eigenvalue weighted by molar-refractivity contribution is -0.143. The van der Waals surface area contributed by atoms with E-state index in [0.717, 1.165) is 6.42 Å². The molecule has 0 radical (unpaired) electrons. The molecule has 0 aliphatic heterocycles. The summed E-state index contributed by atoms with van der Waals surface area (Å²) >= 11 is 0. The van der Waals surface area contributed by atoms with Crippen LogP contribution in [0.2, 0.25) is 0 Å². The molecule has 0 N–H and O–H groups in total. The minimum absolute atomic E-state index is 0.0441. The topological polar surface area (TPSA) is 44.8 Å². The first-order chi connectivity index (χ1) is 9.45. The van der Waals surface area contributed by atoms with Crippen molar-refractivity contribution in [3.05, 3.63) is 24.5 Å². The normalized spacial score (nSPS) is 11.9. The fraction of sp³-hybridized carbons (Fsp3) is 0.706. The summed E-state index contributed by atoms with van der Waals surface area (Å²) in [6.07, 6.45) is 0.858. The quantitative estimate of drug-likeness (QED) is 0.200. The van der Waals surface area contributed by atoms with Crippen LogP contribution in [0.1, 0.15) is 48.0 Å². The van der Waals surface area contributed by atoms with Crippen molar-refractivity contribution in [2.45, 2.75) is 48.0 Å². The van der Waals surface area contributed by atoms with Crippen LogP contribution in [0.4, 0.5) is 0 Å². The zero-order chi connectivity index (χ0) is 16.7. The molecule has 0 aromatic heterocycles. The minimum atomic E-state index is -0.341. The highest BCUT2D eigenvalue weighted by molar-refractivity contribution is 5.86. The van der Waals surface area contributed by atoms with E-state index in [1.807, 2.05) is 0 Å². The van der Waals surface area contributed by atoms with Crippen LogP contribution in [-0.4, -0.2) is 26.0 Å². The van der Waals surface area contributed by atoms with Crippen LogP contribution in [0, 0.1) is 10.8 Å². The van der Waals surface area contributed by atoms with E-state index >= 15 is 0 Å². The minimum Gasteiger partial charge on any atom is -0.473 e. The Morgan fingerprint density at radius 3 is 1.95 bits per heavy atom. The average Bonchev–Trinajstić information content (AvgIpc) is 2.30. The fourth-order valence-electron chi connectivity index (χ4n) is 2.24. The summed E-state index contributed by atoms with van der Waals surface area (Å²) in [6.45, 7) is 20.2. The van der Waals surface area contributed by atoms with E-state index in [0.29, 0.717) is 24.5 Å². The first-order valence-corrected chi connectivity index (χ1v) is 7.14. The highest BCUT2D eigenvalue weighted by Gasteiger charge is 2.30. The third kappa shape index (κ3) is 10.1. The van der Waals surface area contributed by atoms with Gasteiger partial charge in [-0.3, -0.25) is 0 Å². The van der Waals surface area contributed by atoms with Crippen LogP contribution in [0.25, 0.3) is 0 Å². The van der Waals surface area contributed by atoms with Gasteiger partial charge in [0, 0.05) is 5.57 Å². The molecule has 0 saturated heterocycles. The molecule has 0 bridgehead atoms. The first kappa shape index (κ1) is 19.7. The molecule has 0 atom stereocenters. The molecule has 0 saturated carbocycles. The van der Waals surface area contributed by atoms with Gasteiger partial charge in [0.2, 0.25) is 0 Å². The van der Waals surface area contributed by atoms with Gasteiger partial charge in [-0.05, 0) is 31.1 Å². The lowest BCUT2D eigenvalue weighted by Gasteiger charge is -2.34. The molecule has 0 fully saturated rings. The molecule has 0 unspecified atom stereocenters. The third-order valence-electron chi connectivity index (χ3n) is 2.78. The highest BCUT2D eigenvalue weighted by atomic mass is 16.7. The Morgan fingerprint density at radius 1 is 0.952 bits per heavy atom. The Balaban J connectivity index is 4.24. The SMILES string of the molecule is C=C(C)OCOCC(C)(C)CC(C)(C)COC(=O)C(=C)C. The van der Waals surface area contributed by atoms with Crippen LogP contribution < -0.4 is 0 Å². The van der Waals surface area contributed by atoms with E-state index in [1.165, 1.54) is 0 Å². The van der Waals surface area contributed by atoms with Gasteiger partial charge in [0.15, 0.2) is 6.79 Å². The predicted molar refractivity (Wildman–Crippen MR) is 84.7 cm³/mol. The number of rotatable bonds is 10. The summed E-state index contributed by atoms with van der Waals surface area (Å²) in [5.74, 6) is 0.298. The monoisotopic (exact) mass is 298 g/mol. The van der Waals surface area contributed by atoms with Crippen LogP contribution >= 0.6 is 0 Å². The fourth-order valence-corrected chi connectivity index (χ4v) is 2.24. The molecule has 0 spiro atoms. The Labute approximate surface area is 129 Å². The van der Waals surface area contributed by atoms with Gasteiger partial charge in [-0.15, -0.1) is 0 Å². The van der Waals surface area contributed by atoms with Gasteiger partial charge in [0.05, 0.1) is 19.0 Å². The van der Waals surface area contributed by atoms with E-state index in [2.05, 4.69) is 40.9 Å². The Kier molecular flexibility index (Phi) is 7.72. The maximum Gasteiger partial charge on any atom is 0.333 e. The first-order valence-electron chi connectivity index (χ1n) is 7.14. The largest absolute Gasteiger partial charge is 0.473 e. The molecule has 0 amide bonds. The molecule has 0 aliphatic rings. The second-order valence-corrected chi connectivity index (χ2v) is 7.17. The maximum absolute atomic E-state index is 11.5. The molecule has 0 rings (SSSR count). The summed E-state index contributed by atoms with van der Waals surface area (Å²) in [6, 6.07) is 0. The smallest absolute Gasteiger partial charge is 0.333 e. The summed E-state index contributed by atoms with van der Waals surface area (Å²) in [5.41, 5.74) is 0.246. The lowest BCUT2D eigenvalue weighted by atomic mass is 9.76. The van der Waals surface area contributed by atoms with E-state index in [-0.39, 0.29) is 23.6 Å². The Bertz CT molecular complexity index is 380. The van der Waals surface area contributed by atoms with Crippen molar-refractivity contribution in [1.29, 1.82) is 0 Å². The lowest BCUT2D eigenvalue weighted by Crippen LogP contribution is -2.31. The molecule has 21 heavy (non-hydrogen) atoms. The Hall–Kier alpha value is -1.29. The number of allylic oxidation sites excluding steroid dienone is 1. The zero-order valence-corrected chi connectivity index (χ0v) is 14.4. The number of esters is 1. The van der Waals surface area contributed by atoms with Crippen molar-refractivity contribution in [2.75, 3.05) is 20.0 Å². The number of hydrogen-bond acceptors (Lipinski definition) is 4. The number of ether oxygens (including phenoxy) is 3. The van der Waals surface area contributed by atoms with Crippen molar-refractivity contribution in [3.63, 3.8) is 0 Å². The predicted octanol–water partition coefficient (Wildman–Crippen LogP) is 4.07. The summed E-state index contributed by atoms with van der Waals surface area (Å²) < 4.78 is 15.9. The summed E-state index contributed by atoms with van der Waals surface area (Å²) in [4.78, 5) is 11.5. The maximum atomic E-state index is 11.5. The van der Waals surface area contributed by atoms with Gasteiger partial charge in [0.25, 0.3) is 0 Å². The standard InChI is InChI=1S/C17H30O4/c1-13(2)15(18)20-11-17(7,8)9-16(5,6)10-19-12-21-14(3)4/h1,3,9-12H2,2,4-8H3. The summed E-state index contributed by atoms with van der Waals surface area (Å²) in [7, 11) is 0. The zero-order valence-electron chi connectivity index (χ0n) is 14.4. The van der Waals surface area contributed by atoms with E-state index in [1.54, 1.807) is 13.8 Å². The van der Waals surface area contributed by atoms with Crippen molar-refractivity contribution >= 4 is 5.97 Å². The van der Waals surface area contributed by atoms with Crippen LogP contribution in [-0.2, 0) is 19.0 Å². The van der Waals surface area contributed by atoms with Crippen molar-refractivity contribution in [3.8, 4) is 0 Å². The second-order valence-electron chi connectivity index (χ2n) is 7.17. The van der Waals surface area contributed by atoms with Crippen LogP contribution in [0.15, 0.2) is 24.5 Å². The molecule has 0 heterocycles. The third-order valence-corrected chi connectivity index (χ3v) is 2.78. The number of carbonyl (C=O) groups excluding carboxylic acids is 1. The molecular weight excluding hydrogens is 268 g/mol. The van der Waals surface area contributed by atoms with E-state index in [4.69, 9.17) is 14.2 Å². The molecule has 4 nitrogen and oxygen atoms in total. The van der Waals surface area contributed by atoms with Crippen LogP contribution in [0.3, 0.4) is 0 Å². The molecule has 0 aromatic carbocycles. The Morgan fingerprint density at radius 2 is 1.48 bits per heavy atom. The van der Waals surface area contributed by atoms with Crippen molar-refractivity contribution < 1.29 is 19.0 Å². The molecule has 0 aromatic rings. The van der Waals surface area contributed by atoms with Gasteiger partial charge < -0.3 is 14.2 Å². The molecule has 4 heteroatoms. The molecule has 122 valence electrons. The number of hydrogen-bond donors (Lipinski definition) is 0. The van der Waals surface area contributed by atoms with Gasteiger partial charge in [-0.2, -0.15) is 0 Å². The van der Waals surface area contributed by atoms with E-state index < -0.39 is 0 Å². The van der Waals surface area contributed by atoms with Gasteiger partial charge >= 0.3 is 5.97 Å². The van der Waals surface area contributed by atoms with Gasteiger partial charge in [0.1, 0.15) is 0 Å². The molecular formula is C17H30O4. The second kappa shape index (κ2) is 8.23. The van der Waals surface area contributed by atoms with E-state index in [9.17, 15) is 4.79 Å². The van der Waals surface area contributed by atoms with Crippen LogP contribution in [0.5, 0.6) is 0 Å².